The molecule has 1 spiro atoms. The Labute approximate surface area is 146 Å². The van der Waals surface area contributed by atoms with Crippen LogP contribution in [-0.4, -0.2) is 46.9 Å². The van der Waals surface area contributed by atoms with Gasteiger partial charge in [0.2, 0.25) is 5.91 Å². The van der Waals surface area contributed by atoms with Crippen LogP contribution in [0.5, 0.6) is 0 Å². The zero-order valence-corrected chi connectivity index (χ0v) is 14.3. The molecule has 2 aliphatic heterocycles. The van der Waals surface area contributed by atoms with E-state index >= 15 is 0 Å². The maximum atomic E-state index is 12.7. The topological polar surface area (TPSA) is 91.9 Å². The van der Waals surface area contributed by atoms with Gasteiger partial charge in [0.25, 0.3) is 0 Å². The fourth-order valence-electron chi connectivity index (χ4n) is 3.72. The standard InChI is InChI=1S/C18H23N5O2/c1-12-20-16(23-22-12)13-3-2-4-14(9-13)21-17(24)15-10-18(11-19-15)5-7-25-8-6-18/h2-4,9,15,19H,5-8,10-11H2,1H3,(H,21,24)(H,20,22,23). The minimum Gasteiger partial charge on any atom is -0.381 e. The van der Waals surface area contributed by atoms with E-state index in [2.05, 4.69) is 25.8 Å². The zero-order chi connectivity index (χ0) is 17.3. The van der Waals surface area contributed by atoms with Crippen LogP contribution in [0.25, 0.3) is 11.4 Å². The maximum absolute atomic E-state index is 12.7. The molecule has 1 unspecified atom stereocenters. The van der Waals surface area contributed by atoms with E-state index in [1.807, 2.05) is 31.2 Å². The molecule has 2 aliphatic rings. The molecule has 1 amide bonds. The highest BCUT2D eigenvalue weighted by Crippen LogP contribution is 2.38. The molecule has 2 saturated heterocycles. The minimum atomic E-state index is -0.146. The number of carbonyl (C=O) groups excluding carboxylic acids is 1. The van der Waals surface area contributed by atoms with Crippen LogP contribution in [0, 0.1) is 12.3 Å². The number of carbonyl (C=O) groups is 1. The lowest BCUT2D eigenvalue weighted by molar-refractivity contribution is -0.118. The van der Waals surface area contributed by atoms with Gasteiger partial charge in [-0.05, 0) is 43.7 Å². The lowest BCUT2D eigenvalue weighted by atomic mass is 9.78. The molecule has 3 heterocycles. The van der Waals surface area contributed by atoms with E-state index in [0.717, 1.165) is 56.1 Å². The van der Waals surface area contributed by atoms with Gasteiger partial charge in [-0.2, -0.15) is 5.10 Å². The van der Waals surface area contributed by atoms with E-state index in [9.17, 15) is 4.79 Å². The van der Waals surface area contributed by atoms with E-state index in [-0.39, 0.29) is 17.4 Å². The summed E-state index contributed by atoms with van der Waals surface area (Å²) in [6.07, 6.45) is 2.94. The van der Waals surface area contributed by atoms with Crippen molar-refractivity contribution >= 4 is 11.6 Å². The predicted octanol–water partition coefficient (Wildman–Crippen LogP) is 1.88. The third kappa shape index (κ3) is 3.43. The first-order valence-electron chi connectivity index (χ1n) is 8.75. The van der Waals surface area contributed by atoms with Crippen LogP contribution in [0.1, 0.15) is 25.1 Å². The largest absolute Gasteiger partial charge is 0.381 e. The first-order valence-corrected chi connectivity index (χ1v) is 8.75. The summed E-state index contributed by atoms with van der Waals surface area (Å²) in [5.74, 6) is 1.42. The van der Waals surface area contributed by atoms with Crippen molar-refractivity contribution < 1.29 is 9.53 Å². The second-order valence-electron chi connectivity index (χ2n) is 7.06. The Morgan fingerprint density at radius 1 is 1.36 bits per heavy atom. The van der Waals surface area contributed by atoms with E-state index < -0.39 is 0 Å². The van der Waals surface area contributed by atoms with Crippen molar-refractivity contribution in [1.82, 2.24) is 20.5 Å². The number of anilines is 1. The Bertz CT molecular complexity index is 766. The summed E-state index contributed by atoms with van der Waals surface area (Å²) in [6.45, 7) is 4.35. The number of nitrogens with one attached hydrogen (secondary N) is 3. The van der Waals surface area contributed by atoms with E-state index in [1.165, 1.54) is 0 Å². The molecule has 2 fully saturated rings. The summed E-state index contributed by atoms with van der Waals surface area (Å²) in [6, 6.07) is 7.48. The molecule has 0 radical (unpaired) electrons. The molecular weight excluding hydrogens is 318 g/mol. The maximum Gasteiger partial charge on any atom is 0.241 e. The fourth-order valence-corrected chi connectivity index (χ4v) is 3.72. The Kier molecular flexibility index (Phi) is 4.27. The highest BCUT2D eigenvalue weighted by atomic mass is 16.5. The molecular formula is C18H23N5O2. The molecule has 1 aromatic carbocycles. The number of rotatable bonds is 3. The Morgan fingerprint density at radius 3 is 2.96 bits per heavy atom. The molecule has 2 aromatic rings. The first-order chi connectivity index (χ1) is 12.1. The van der Waals surface area contributed by atoms with Gasteiger partial charge in [-0.15, -0.1) is 0 Å². The number of amides is 1. The number of H-pyrrole nitrogens is 1. The van der Waals surface area contributed by atoms with Crippen molar-refractivity contribution in [3.8, 4) is 11.4 Å². The third-order valence-corrected chi connectivity index (χ3v) is 5.22. The van der Waals surface area contributed by atoms with Gasteiger partial charge in [0.15, 0.2) is 5.82 Å². The number of aromatic nitrogens is 3. The molecule has 7 nitrogen and oxygen atoms in total. The Balaban J connectivity index is 1.43. The van der Waals surface area contributed by atoms with Crippen molar-refractivity contribution in [2.24, 2.45) is 5.41 Å². The zero-order valence-electron chi connectivity index (χ0n) is 14.3. The molecule has 4 rings (SSSR count). The van der Waals surface area contributed by atoms with Crippen LogP contribution >= 0.6 is 0 Å². The summed E-state index contributed by atoms with van der Waals surface area (Å²) >= 11 is 0. The number of ether oxygens (including phenoxy) is 1. The van der Waals surface area contributed by atoms with Crippen molar-refractivity contribution in [2.45, 2.75) is 32.2 Å². The van der Waals surface area contributed by atoms with Gasteiger partial charge >= 0.3 is 0 Å². The van der Waals surface area contributed by atoms with Gasteiger partial charge < -0.3 is 15.4 Å². The summed E-state index contributed by atoms with van der Waals surface area (Å²) in [4.78, 5) is 17.0. The second-order valence-corrected chi connectivity index (χ2v) is 7.06. The molecule has 132 valence electrons. The van der Waals surface area contributed by atoms with Crippen LogP contribution < -0.4 is 10.6 Å². The molecule has 3 N–H and O–H groups in total. The normalized spacial score (nSPS) is 22.2. The Morgan fingerprint density at radius 2 is 2.20 bits per heavy atom. The molecule has 7 heteroatoms. The lowest BCUT2D eigenvalue weighted by Crippen LogP contribution is -2.35. The molecule has 0 saturated carbocycles. The fraction of sp³-hybridized carbons (Fsp3) is 0.500. The van der Waals surface area contributed by atoms with Crippen LogP contribution in [0.3, 0.4) is 0 Å². The van der Waals surface area contributed by atoms with Gasteiger partial charge in [0.1, 0.15) is 5.82 Å². The third-order valence-electron chi connectivity index (χ3n) is 5.22. The van der Waals surface area contributed by atoms with E-state index in [4.69, 9.17) is 4.74 Å². The Hall–Kier alpha value is -2.25. The average Bonchev–Trinajstić information content (AvgIpc) is 3.23. The van der Waals surface area contributed by atoms with Gasteiger partial charge in [0.05, 0.1) is 6.04 Å². The molecule has 25 heavy (non-hydrogen) atoms. The van der Waals surface area contributed by atoms with Crippen molar-refractivity contribution in [1.29, 1.82) is 0 Å². The number of aryl methyl sites for hydroxylation is 1. The summed E-state index contributed by atoms with van der Waals surface area (Å²) < 4.78 is 5.46. The smallest absolute Gasteiger partial charge is 0.241 e. The minimum absolute atomic E-state index is 0.0201. The van der Waals surface area contributed by atoms with E-state index in [0.29, 0.717) is 5.82 Å². The van der Waals surface area contributed by atoms with Crippen LogP contribution in [-0.2, 0) is 9.53 Å². The molecule has 0 aliphatic carbocycles. The summed E-state index contributed by atoms with van der Waals surface area (Å²) in [7, 11) is 0. The van der Waals surface area contributed by atoms with E-state index in [1.54, 1.807) is 0 Å². The predicted molar refractivity (Wildman–Crippen MR) is 94.1 cm³/mol. The van der Waals surface area contributed by atoms with Gasteiger partial charge in [-0.1, -0.05) is 12.1 Å². The van der Waals surface area contributed by atoms with Crippen molar-refractivity contribution in [3.05, 3.63) is 30.1 Å². The second kappa shape index (κ2) is 6.57. The summed E-state index contributed by atoms with van der Waals surface area (Å²) in [5.41, 5.74) is 1.86. The first kappa shape index (κ1) is 16.2. The summed E-state index contributed by atoms with van der Waals surface area (Å²) in [5, 5.41) is 13.4. The number of nitrogens with zero attached hydrogens (tertiary/aromatic N) is 2. The average molecular weight is 341 g/mol. The van der Waals surface area contributed by atoms with Gasteiger partial charge in [-0.3, -0.25) is 9.89 Å². The van der Waals surface area contributed by atoms with Crippen LogP contribution in [0.15, 0.2) is 24.3 Å². The number of hydrogen-bond donors (Lipinski definition) is 3. The monoisotopic (exact) mass is 341 g/mol. The van der Waals surface area contributed by atoms with Crippen molar-refractivity contribution in [2.75, 3.05) is 25.1 Å². The van der Waals surface area contributed by atoms with Crippen LogP contribution in [0.2, 0.25) is 0 Å². The number of hydrogen-bond acceptors (Lipinski definition) is 5. The molecule has 1 aromatic heterocycles. The van der Waals surface area contributed by atoms with Crippen LogP contribution in [0.4, 0.5) is 5.69 Å². The van der Waals surface area contributed by atoms with Gasteiger partial charge in [0, 0.05) is 31.0 Å². The lowest BCUT2D eigenvalue weighted by Gasteiger charge is -2.32. The quantitative estimate of drug-likeness (QED) is 0.793. The van der Waals surface area contributed by atoms with Gasteiger partial charge in [-0.25, -0.2) is 4.98 Å². The molecule has 0 bridgehead atoms. The molecule has 1 atom stereocenters. The highest BCUT2D eigenvalue weighted by molar-refractivity contribution is 5.95. The number of benzene rings is 1. The SMILES string of the molecule is Cc1nc(-c2cccc(NC(=O)C3CC4(CCOCC4)CN3)c2)n[nH]1. The highest BCUT2D eigenvalue weighted by Gasteiger charge is 2.42. The van der Waals surface area contributed by atoms with Crippen molar-refractivity contribution in [3.63, 3.8) is 0 Å². The number of aromatic amines is 1.